The molecule has 2 aromatic heterocycles. The number of nitrogens with one attached hydrogen (secondary N) is 3. The SMILES string of the molecule is C=C[C@@H]1C[C@]1(NC(=O)[C@@H]1C[C@@H]2CN1C(=O)[C@H](C(C)(C)C)NC(=O)O[C@@H]1C[C@H]1CCCCCc1c(nc3ccccc3c1-c1ccccn1)O2)C(=O)NS(=O)(=O)C1(C)CC1. The van der Waals surface area contributed by atoms with Gasteiger partial charge in [-0.15, -0.1) is 6.58 Å². The number of fused-ring (bicyclic) bond motifs is 5. The van der Waals surface area contributed by atoms with Crippen molar-refractivity contribution in [3.8, 4) is 17.1 Å². The first kappa shape index (κ1) is 40.7. The maximum Gasteiger partial charge on any atom is 0.408 e. The number of hydrogen-bond donors (Lipinski definition) is 3. The van der Waals surface area contributed by atoms with Crippen molar-refractivity contribution < 1.29 is 37.1 Å². The maximum absolute atomic E-state index is 14.8. The van der Waals surface area contributed by atoms with Gasteiger partial charge in [0.05, 0.1) is 22.5 Å². The third kappa shape index (κ3) is 8.02. The number of carbonyl (C=O) groups excluding carboxylic acids is 4. The molecule has 59 heavy (non-hydrogen) atoms. The van der Waals surface area contributed by atoms with Crippen LogP contribution in [0.1, 0.15) is 91.0 Å². The summed E-state index contributed by atoms with van der Waals surface area (Å²) in [7, 11) is -4.01. The number of ether oxygens (including phenoxy) is 2. The first-order valence-corrected chi connectivity index (χ1v) is 22.3. The molecule has 0 spiro atoms. The van der Waals surface area contributed by atoms with Crippen LogP contribution in [-0.4, -0.2) is 88.2 Å². The Balaban J connectivity index is 1.17. The fourth-order valence-corrected chi connectivity index (χ4v) is 9.98. The van der Waals surface area contributed by atoms with Crippen molar-refractivity contribution in [1.82, 2.24) is 30.2 Å². The Hall–Kier alpha value is -5.05. The van der Waals surface area contributed by atoms with Crippen molar-refractivity contribution in [3.05, 3.63) is 66.9 Å². The quantitative estimate of drug-likeness (QED) is 0.262. The van der Waals surface area contributed by atoms with Crippen molar-refractivity contribution in [1.29, 1.82) is 0 Å². The molecular weight excluding hydrogens is 773 g/mol. The molecule has 1 saturated heterocycles. The number of nitrogens with zero attached hydrogens (tertiary/aromatic N) is 3. The molecule has 0 unspecified atom stereocenters. The lowest BCUT2D eigenvalue weighted by molar-refractivity contribution is -0.142. The number of hydrogen-bond acceptors (Lipinski definition) is 10. The molecule has 14 nitrogen and oxygen atoms in total. The summed E-state index contributed by atoms with van der Waals surface area (Å²) < 4.78 is 40.1. The summed E-state index contributed by atoms with van der Waals surface area (Å²) in [4.78, 5) is 67.7. The van der Waals surface area contributed by atoms with Crippen LogP contribution < -0.4 is 20.1 Å². The van der Waals surface area contributed by atoms with Crippen LogP contribution >= 0.6 is 0 Å². The summed E-state index contributed by atoms with van der Waals surface area (Å²) in [6.45, 7) is 10.8. The minimum Gasteiger partial charge on any atom is -0.472 e. The van der Waals surface area contributed by atoms with E-state index in [0.717, 1.165) is 54.3 Å². The average molecular weight is 827 g/mol. The van der Waals surface area contributed by atoms with E-state index >= 15 is 0 Å². The van der Waals surface area contributed by atoms with Gasteiger partial charge in [-0.05, 0) is 81.4 Å². The smallest absolute Gasteiger partial charge is 0.408 e. The molecule has 15 heteroatoms. The number of pyridine rings is 2. The highest BCUT2D eigenvalue weighted by atomic mass is 32.2. The third-order valence-corrected chi connectivity index (χ3v) is 15.0. The second-order valence-corrected chi connectivity index (χ2v) is 20.6. The Kier molecular flexibility index (Phi) is 10.5. The van der Waals surface area contributed by atoms with Gasteiger partial charge in [-0.25, -0.2) is 18.2 Å². The highest BCUT2D eigenvalue weighted by molar-refractivity contribution is 7.91. The summed E-state index contributed by atoms with van der Waals surface area (Å²) in [5.74, 6) is -1.91. The van der Waals surface area contributed by atoms with Crippen molar-refractivity contribution in [2.75, 3.05) is 6.54 Å². The molecule has 1 aromatic carbocycles. The summed E-state index contributed by atoms with van der Waals surface area (Å²) in [5.41, 5.74) is 0.903. The minimum atomic E-state index is -4.01. The zero-order valence-corrected chi connectivity index (χ0v) is 35.0. The number of aromatic nitrogens is 2. The molecule has 3 N–H and O–H groups in total. The molecule has 5 aliphatic rings. The number of para-hydroxylation sites is 1. The van der Waals surface area contributed by atoms with E-state index in [1.807, 2.05) is 63.2 Å². The van der Waals surface area contributed by atoms with Crippen molar-refractivity contribution in [3.63, 3.8) is 0 Å². The number of sulfonamides is 1. The van der Waals surface area contributed by atoms with Gasteiger partial charge >= 0.3 is 6.09 Å². The average Bonchev–Trinajstić information content (AvgIpc) is 4.15. The van der Waals surface area contributed by atoms with Crippen LogP contribution in [0.5, 0.6) is 5.88 Å². The Morgan fingerprint density at radius 2 is 1.80 bits per heavy atom. The molecule has 2 bridgehead atoms. The van der Waals surface area contributed by atoms with Gasteiger partial charge in [0, 0.05) is 35.0 Å². The number of rotatable bonds is 7. The van der Waals surface area contributed by atoms with E-state index in [-0.39, 0.29) is 31.4 Å². The Morgan fingerprint density at radius 3 is 2.49 bits per heavy atom. The van der Waals surface area contributed by atoms with Crippen LogP contribution in [0.3, 0.4) is 0 Å². The fourth-order valence-electron chi connectivity index (χ4n) is 8.67. The second kappa shape index (κ2) is 15.2. The summed E-state index contributed by atoms with van der Waals surface area (Å²) in [6, 6.07) is 11.4. The standard InChI is InChI=1S/C44H54N6O8S/c1-6-27-24-44(27,40(53)49-59(55,56)43(5)19-20-43)48-37(51)33-23-28-25-50(33)39(52)36(42(2,3)4)47-41(54)58-34-22-26(34)14-8-7-9-16-30-35(32-18-12-13-21-45-32)29-15-10-11-17-31(29)46-38(30)57-28/h6,10-13,15,17-18,21,26-28,33-34,36H,1,7-9,14,16,19-20,22-25H2,2-5H3,(H,47,54)(H,48,51)(H,49,53)/t26-,27-,28-,33+,34-,36-,44-/m1/s1. The van der Waals surface area contributed by atoms with Crippen LogP contribution in [0.15, 0.2) is 61.3 Å². The van der Waals surface area contributed by atoms with Gasteiger partial charge in [-0.1, -0.05) is 64.0 Å². The van der Waals surface area contributed by atoms with Gasteiger partial charge < -0.3 is 25.0 Å². The molecule has 7 atom stereocenters. The van der Waals surface area contributed by atoms with Gasteiger partial charge in [0.15, 0.2) is 0 Å². The van der Waals surface area contributed by atoms with Crippen LogP contribution in [0.4, 0.5) is 4.79 Å². The van der Waals surface area contributed by atoms with Crippen LogP contribution in [0.25, 0.3) is 22.2 Å². The molecule has 3 aromatic rings. The molecule has 3 saturated carbocycles. The number of amides is 4. The molecule has 4 heterocycles. The van der Waals surface area contributed by atoms with Crippen molar-refractivity contribution in [2.45, 2.75) is 126 Å². The predicted molar refractivity (Wildman–Crippen MR) is 220 cm³/mol. The summed E-state index contributed by atoms with van der Waals surface area (Å²) >= 11 is 0. The minimum absolute atomic E-state index is 0.0301. The van der Waals surface area contributed by atoms with Crippen LogP contribution in [-0.2, 0) is 35.6 Å². The monoisotopic (exact) mass is 826 g/mol. The molecule has 314 valence electrons. The first-order chi connectivity index (χ1) is 28.0. The van der Waals surface area contributed by atoms with E-state index in [4.69, 9.17) is 19.4 Å². The highest BCUT2D eigenvalue weighted by Crippen LogP contribution is 2.47. The van der Waals surface area contributed by atoms with E-state index in [1.165, 1.54) is 11.0 Å². The molecule has 8 rings (SSSR count). The maximum atomic E-state index is 14.8. The molecule has 2 aliphatic heterocycles. The molecule has 0 radical (unpaired) electrons. The Morgan fingerprint density at radius 1 is 1.03 bits per heavy atom. The number of benzene rings is 1. The lowest BCUT2D eigenvalue weighted by Crippen LogP contribution is -2.60. The van der Waals surface area contributed by atoms with Gasteiger partial charge in [0.2, 0.25) is 27.7 Å². The molecular formula is C44H54N6O8S. The predicted octanol–water partition coefficient (Wildman–Crippen LogP) is 5.35. The van der Waals surface area contributed by atoms with Crippen molar-refractivity contribution >= 4 is 44.7 Å². The third-order valence-electron chi connectivity index (χ3n) is 12.9. The van der Waals surface area contributed by atoms with Crippen LogP contribution in [0.2, 0.25) is 0 Å². The lowest BCUT2D eigenvalue weighted by Gasteiger charge is -2.35. The van der Waals surface area contributed by atoms with Gasteiger partial charge in [-0.3, -0.25) is 24.1 Å². The second-order valence-electron chi connectivity index (χ2n) is 18.4. The molecule has 3 aliphatic carbocycles. The largest absolute Gasteiger partial charge is 0.472 e. The Labute approximate surface area is 345 Å². The zero-order chi connectivity index (χ0) is 41.9. The van der Waals surface area contributed by atoms with E-state index in [9.17, 15) is 27.6 Å². The fraction of sp³-hybridized carbons (Fsp3) is 0.545. The van der Waals surface area contributed by atoms with E-state index in [1.54, 1.807) is 13.1 Å². The van der Waals surface area contributed by atoms with Gasteiger partial charge in [0.25, 0.3) is 5.91 Å². The number of carbonyl (C=O) groups is 4. The number of alkyl carbamates (subject to hydrolysis) is 1. The lowest BCUT2D eigenvalue weighted by atomic mass is 9.85. The van der Waals surface area contributed by atoms with E-state index in [0.29, 0.717) is 30.7 Å². The van der Waals surface area contributed by atoms with E-state index in [2.05, 4.69) is 21.9 Å². The van der Waals surface area contributed by atoms with Crippen molar-refractivity contribution in [2.24, 2.45) is 17.3 Å². The summed E-state index contributed by atoms with van der Waals surface area (Å²) in [6.07, 6.45) is 7.69. The Bertz CT molecular complexity index is 2290. The normalized spacial score (nSPS) is 29.3. The van der Waals surface area contributed by atoms with E-state index < -0.39 is 73.6 Å². The first-order valence-electron chi connectivity index (χ1n) is 20.8. The van der Waals surface area contributed by atoms with Crippen LogP contribution in [0, 0.1) is 17.3 Å². The topological polar surface area (TPSA) is 186 Å². The zero-order valence-electron chi connectivity index (χ0n) is 34.2. The van der Waals surface area contributed by atoms with Gasteiger partial charge in [0.1, 0.15) is 29.8 Å². The van der Waals surface area contributed by atoms with Gasteiger partial charge in [-0.2, -0.15) is 0 Å². The summed E-state index contributed by atoms with van der Waals surface area (Å²) in [5, 5.41) is 6.62. The molecule has 4 amide bonds. The highest BCUT2D eigenvalue weighted by Gasteiger charge is 2.63. The molecule has 4 fully saturated rings.